The fourth-order valence-corrected chi connectivity index (χ4v) is 3.00. The van der Waals surface area contributed by atoms with Crippen molar-refractivity contribution in [2.24, 2.45) is 5.92 Å². The summed E-state index contributed by atoms with van der Waals surface area (Å²) in [7, 11) is 0. The van der Waals surface area contributed by atoms with Gasteiger partial charge in [-0.1, -0.05) is 19.9 Å². The summed E-state index contributed by atoms with van der Waals surface area (Å²) in [6.07, 6.45) is 0. The maximum atomic E-state index is 11.3. The first-order valence-electron chi connectivity index (χ1n) is 7.60. The number of carboxylic acids is 1. The third-order valence-electron chi connectivity index (χ3n) is 3.13. The van der Waals surface area contributed by atoms with Gasteiger partial charge in [0.15, 0.2) is 4.88 Å². The van der Waals surface area contributed by atoms with Gasteiger partial charge in [-0.15, -0.1) is 11.3 Å². The standard InChI is InChI=1S/C18H19NO4S/c1-5-22-15-9-16(24-17(15)18(20)21)12-6-7-14(13(8-12)19-4)23-10-11(2)3/h6-9,11H,5,10H2,1-3H3,(H,20,21). The molecular formula is C18H19NO4S. The van der Waals surface area contributed by atoms with Crippen LogP contribution in [0, 0.1) is 12.5 Å². The normalized spacial score (nSPS) is 10.5. The molecule has 1 aromatic carbocycles. The van der Waals surface area contributed by atoms with E-state index in [4.69, 9.17) is 16.0 Å². The number of rotatable bonds is 7. The first-order chi connectivity index (χ1) is 11.5. The van der Waals surface area contributed by atoms with Crippen molar-refractivity contribution in [2.75, 3.05) is 13.2 Å². The quantitative estimate of drug-likeness (QED) is 0.709. The maximum Gasteiger partial charge on any atom is 0.349 e. The summed E-state index contributed by atoms with van der Waals surface area (Å²) in [6, 6.07) is 7.01. The zero-order valence-corrected chi connectivity index (χ0v) is 14.6. The number of hydrogen-bond acceptors (Lipinski definition) is 4. The summed E-state index contributed by atoms with van der Waals surface area (Å²) < 4.78 is 11.0. The Hall–Kier alpha value is -2.52. The second-order valence-electron chi connectivity index (χ2n) is 5.54. The molecule has 0 aliphatic heterocycles. The molecule has 0 atom stereocenters. The number of benzene rings is 1. The van der Waals surface area contributed by atoms with E-state index in [0.717, 1.165) is 21.8 Å². The van der Waals surface area contributed by atoms with E-state index in [1.54, 1.807) is 25.1 Å². The van der Waals surface area contributed by atoms with Crippen LogP contribution in [0.15, 0.2) is 24.3 Å². The molecule has 0 unspecified atom stereocenters. The van der Waals surface area contributed by atoms with Crippen LogP contribution in [0.3, 0.4) is 0 Å². The molecule has 5 nitrogen and oxygen atoms in total. The summed E-state index contributed by atoms with van der Waals surface area (Å²) in [6.45, 7) is 14.2. The molecule has 0 aliphatic rings. The molecule has 1 aromatic heterocycles. The third-order valence-corrected chi connectivity index (χ3v) is 4.28. The fraction of sp³-hybridized carbons (Fsp3) is 0.333. The van der Waals surface area contributed by atoms with Crippen molar-refractivity contribution in [3.63, 3.8) is 0 Å². The Balaban J connectivity index is 2.37. The van der Waals surface area contributed by atoms with Crippen molar-refractivity contribution in [3.8, 4) is 21.9 Å². The maximum absolute atomic E-state index is 11.3. The smallest absolute Gasteiger partial charge is 0.349 e. The van der Waals surface area contributed by atoms with Crippen LogP contribution < -0.4 is 9.47 Å². The number of ether oxygens (including phenoxy) is 2. The average molecular weight is 345 g/mol. The number of nitrogens with zero attached hydrogens (tertiary/aromatic N) is 1. The van der Waals surface area contributed by atoms with Gasteiger partial charge in [0.25, 0.3) is 0 Å². The second kappa shape index (κ2) is 7.84. The molecule has 1 N–H and O–H groups in total. The predicted octanol–water partition coefficient (Wildman–Crippen LogP) is 5.10. The van der Waals surface area contributed by atoms with Gasteiger partial charge in [0, 0.05) is 4.88 Å². The lowest BCUT2D eigenvalue weighted by atomic mass is 10.1. The summed E-state index contributed by atoms with van der Waals surface area (Å²) in [5.41, 5.74) is 1.19. The summed E-state index contributed by atoms with van der Waals surface area (Å²) >= 11 is 1.14. The predicted molar refractivity (Wildman–Crippen MR) is 94.5 cm³/mol. The van der Waals surface area contributed by atoms with Crippen LogP contribution in [0.25, 0.3) is 15.3 Å². The van der Waals surface area contributed by atoms with Crippen molar-refractivity contribution < 1.29 is 19.4 Å². The highest BCUT2D eigenvalue weighted by Crippen LogP contribution is 2.40. The second-order valence-corrected chi connectivity index (χ2v) is 6.59. The van der Waals surface area contributed by atoms with E-state index in [0.29, 0.717) is 36.3 Å². The Kier molecular flexibility index (Phi) is 5.83. The van der Waals surface area contributed by atoms with Crippen molar-refractivity contribution in [1.82, 2.24) is 0 Å². The minimum atomic E-state index is -1.02. The first-order valence-corrected chi connectivity index (χ1v) is 8.42. The highest BCUT2D eigenvalue weighted by atomic mass is 32.1. The highest BCUT2D eigenvalue weighted by molar-refractivity contribution is 7.17. The molecule has 2 rings (SSSR count). The molecule has 0 spiro atoms. The van der Waals surface area contributed by atoms with Crippen LogP contribution >= 0.6 is 11.3 Å². The van der Waals surface area contributed by atoms with Crippen molar-refractivity contribution in [2.45, 2.75) is 20.8 Å². The average Bonchev–Trinajstić information content (AvgIpc) is 2.97. The summed E-state index contributed by atoms with van der Waals surface area (Å²) in [5.74, 6) is 0.251. The van der Waals surface area contributed by atoms with Crippen LogP contribution in [-0.4, -0.2) is 24.3 Å². The molecule has 0 saturated heterocycles. The van der Waals surface area contributed by atoms with E-state index >= 15 is 0 Å². The summed E-state index contributed by atoms with van der Waals surface area (Å²) in [5, 5.41) is 9.28. The first kappa shape index (κ1) is 17.8. The molecule has 0 bridgehead atoms. The Morgan fingerprint density at radius 1 is 1.29 bits per heavy atom. The van der Waals surface area contributed by atoms with Gasteiger partial charge in [-0.25, -0.2) is 9.64 Å². The van der Waals surface area contributed by atoms with Crippen LogP contribution in [0.5, 0.6) is 11.5 Å². The van der Waals surface area contributed by atoms with E-state index in [1.807, 2.05) is 19.9 Å². The molecule has 0 saturated carbocycles. The highest BCUT2D eigenvalue weighted by Gasteiger charge is 2.18. The molecule has 24 heavy (non-hydrogen) atoms. The molecule has 0 fully saturated rings. The van der Waals surface area contributed by atoms with Crippen molar-refractivity contribution in [3.05, 3.63) is 40.6 Å². The van der Waals surface area contributed by atoms with Crippen LogP contribution in [0.2, 0.25) is 0 Å². The van der Waals surface area contributed by atoms with Crippen LogP contribution in [0.4, 0.5) is 5.69 Å². The van der Waals surface area contributed by atoms with E-state index in [2.05, 4.69) is 4.85 Å². The van der Waals surface area contributed by atoms with Gasteiger partial charge in [0.2, 0.25) is 5.69 Å². The Bertz CT molecular complexity index is 774. The molecular weight excluding hydrogens is 326 g/mol. The summed E-state index contributed by atoms with van der Waals surface area (Å²) in [4.78, 5) is 15.8. The lowest BCUT2D eigenvalue weighted by Crippen LogP contribution is -2.04. The molecule has 0 amide bonds. The molecule has 2 aromatic rings. The zero-order valence-electron chi connectivity index (χ0n) is 13.8. The lowest BCUT2D eigenvalue weighted by molar-refractivity contribution is 0.0698. The number of thiophene rings is 1. The zero-order chi connectivity index (χ0) is 17.7. The van der Waals surface area contributed by atoms with Gasteiger partial charge in [0.05, 0.1) is 19.8 Å². The van der Waals surface area contributed by atoms with E-state index in [9.17, 15) is 9.90 Å². The van der Waals surface area contributed by atoms with Gasteiger partial charge < -0.3 is 14.6 Å². The van der Waals surface area contributed by atoms with Gasteiger partial charge in [-0.05, 0) is 36.6 Å². The topological polar surface area (TPSA) is 60.1 Å². The molecule has 126 valence electrons. The third kappa shape index (κ3) is 4.06. The Morgan fingerprint density at radius 3 is 2.62 bits per heavy atom. The number of carbonyl (C=O) groups is 1. The van der Waals surface area contributed by atoms with Crippen LogP contribution in [-0.2, 0) is 0 Å². The Morgan fingerprint density at radius 2 is 2.04 bits per heavy atom. The molecule has 0 aliphatic carbocycles. The van der Waals surface area contributed by atoms with Gasteiger partial charge in [-0.2, -0.15) is 0 Å². The van der Waals surface area contributed by atoms with E-state index < -0.39 is 5.97 Å². The molecule has 6 heteroatoms. The van der Waals surface area contributed by atoms with Crippen molar-refractivity contribution >= 4 is 23.0 Å². The van der Waals surface area contributed by atoms with Crippen molar-refractivity contribution in [1.29, 1.82) is 0 Å². The minimum absolute atomic E-state index is 0.163. The van der Waals surface area contributed by atoms with Gasteiger partial charge in [-0.3, -0.25) is 0 Å². The van der Waals surface area contributed by atoms with E-state index in [-0.39, 0.29) is 4.88 Å². The Labute approximate surface area is 145 Å². The monoisotopic (exact) mass is 345 g/mol. The molecule has 1 heterocycles. The minimum Gasteiger partial charge on any atom is -0.504 e. The van der Waals surface area contributed by atoms with Gasteiger partial charge >= 0.3 is 5.97 Å². The van der Waals surface area contributed by atoms with E-state index in [1.165, 1.54) is 0 Å². The number of hydrogen-bond donors (Lipinski definition) is 1. The number of carboxylic acid groups (broad SMARTS) is 1. The SMILES string of the molecule is [C-]#[N+]c1cc(-c2cc(OCC)c(C(=O)O)s2)ccc1OCC(C)C. The number of aromatic carboxylic acids is 1. The van der Waals surface area contributed by atoms with Crippen LogP contribution in [0.1, 0.15) is 30.4 Å². The fourth-order valence-electron chi connectivity index (χ4n) is 2.06. The van der Waals surface area contributed by atoms with Gasteiger partial charge in [0.1, 0.15) is 11.5 Å². The largest absolute Gasteiger partial charge is 0.504 e. The lowest BCUT2D eigenvalue weighted by Gasteiger charge is -2.11. The molecule has 0 radical (unpaired) electrons.